The van der Waals surface area contributed by atoms with Crippen LogP contribution in [0.15, 0.2) is 36.4 Å². The second-order valence-corrected chi connectivity index (χ2v) is 4.56. The number of hydrogen-bond acceptors (Lipinski definition) is 2. The minimum atomic E-state index is -0.462. The molecule has 20 heavy (non-hydrogen) atoms. The maximum absolute atomic E-state index is 13.6. The summed E-state index contributed by atoms with van der Waals surface area (Å²) in [5.41, 5.74) is 2.60. The number of benzene rings is 1. The first kappa shape index (κ1) is 14.0. The summed E-state index contributed by atoms with van der Waals surface area (Å²) < 4.78 is 13.6. The van der Waals surface area contributed by atoms with E-state index in [1.165, 1.54) is 12.1 Å². The Bertz CT molecular complexity index is 628. The van der Waals surface area contributed by atoms with Crippen molar-refractivity contribution in [3.8, 4) is 0 Å². The fourth-order valence-electron chi connectivity index (χ4n) is 1.76. The van der Waals surface area contributed by atoms with Gasteiger partial charge in [0.15, 0.2) is 0 Å². The van der Waals surface area contributed by atoms with Crippen LogP contribution in [-0.4, -0.2) is 11.0 Å². The van der Waals surface area contributed by atoms with Crippen LogP contribution in [0, 0.1) is 19.7 Å². The zero-order valence-electron chi connectivity index (χ0n) is 11.4. The summed E-state index contributed by atoms with van der Waals surface area (Å²) in [6.07, 6.45) is 0. The first-order valence-corrected chi connectivity index (χ1v) is 6.28. The van der Waals surface area contributed by atoms with Crippen LogP contribution < -0.4 is 10.6 Å². The molecule has 0 radical (unpaired) electrons. The smallest absolute Gasteiger partial charge is 0.319 e. The number of amides is 2. The highest BCUT2D eigenvalue weighted by Crippen LogP contribution is 2.14. The van der Waals surface area contributed by atoms with Gasteiger partial charge in [-0.25, -0.2) is 9.18 Å². The van der Waals surface area contributed by atoms with Crippen LogP contribution in [0.3, 0.4) is 0 Å². The Balaban J connectivity index is 1.92. The van der Waals surface area contributed by atoms with Crippen molar-refractivity contribution >= 4 is 11.7 Å². The van der Waals surface area contributed by atoms with Gasteiger partial charge in [0.25, 0.3) is 0 Å². The topological polar surface area (TPSA) is 54.0 Å². The molecule has 0 aliphatic heterocycles. The van der Waals surface area contributed by atoms with E-state index >= 15 is 0 Å². The Morgan fingerprint density at radius 1 is 1.25 bits per heavy atom. The zero-order valence-corrected chi connectivity index (χ0v) is 11.4. The van der Waals surface area contributed by atoms with E-state index in [1.807, 2.05) is 25.1 Å². The van der Waals surface area contributed by atoms with Gasteiger partial charge in [-0.1, -0.05) is 12.1 Å². The van der Waals surface area contributed by atoms with Crippen LogP contribution in [0.1, 0.15) is 17.0 Å². The van der Waals surface area contributed by atoms with Gasteiger partial charge in [-0.2, -0.15) is 0 Å². The molecule has 2 rings (SSSR count). The molecule has 0 spiro atoms. The molecule has 0 saturated carbocycles. The molecule has 0 atom stereocenters. The van der Waals surface area contributed by atoms with Gasteiger partial charge in [0.1, 0.15) is 5.82 Å². The summed E-state index contributed by atoms with van der Waals surface area (Å²) in [7, 11) is 0. The Hall–Kier alpha value is -2.43. The quantitative estimate of drug-likeness (QED) is 0.902. The minimum absolute atomic E-state index is 0.158. The number of hydrogen-bond donors (Lipinski definition) is 2. The molecule has 1 aromatic heterocycles. The number of aromatic nitrogens is 1. The van der Waals surface area contributed by atoms with E-state index in [-0.39, 0.29) is 5.69 Å². The van der Waals surface area contributed by atoms with Crippen molar-refractivity contribution in [1.82, 2.24) is 10.3 Å². The van der Waals surface area contributed by atoms with Crippen LogP contribution in [0.25, 0.3) is 0 Å². The summed E-state index contributed by atoms with van der Waals surface area (Å²) in [4.78, 5) is 16.0. The summed E-state index contributed by atoms with van der Waals surface area (Å²) >= 11 is 0. The molecule has 1 heterocycles. The maximum atomic E-state index is 13.6. The van der Waals surface area contributed by atoms with Crippen molar-refractivity contribution < 1.29 is 9.18 Å². The number of carbonyl (C=O) groups excluding carboxylic acids is 1. The highest BCUT2D eigenvalue weighted by molar-refractivity contribution is 5.89. The average Bonchev–Trinajstić information content (AvgIpc) is 2.40. The summed E-state index contributed by atoms with van der Waals surface area (Å²) in [6, 6.07) is 9.76. The number of anilines is 1. The molecular formula is C15H16FN3O. The van der Waals surface area contributed by atoms with Crippen molar-refractivity contribution in [2.45, 2.75) is 20.4 Å². The zero-order chi connectivity index (χ0) is 14.5. The third kappa shape index (κ3) is 3.78. The number of urea groups is 1. The van der Waals surface area contributed by atoms with E-state index in [0.717, 1.165) is 17.0 Å². The number of rotatable bonds is 3. The summed E-state index contributed by atoms with van der Waals surface area (Å²) in [5.74, 6) is -0.450. The first-order chi connectivity index (χ1) is 9.54. The van der Waals surface area contributed by atoms with Gasteiger partial charge in [-0.05, 0) is 43.7 Å². The van der Waals surface area contributed by atoms with Gasteiger partial charge < -0.3 is 10.6 Å². The van der Waals surface area contributed by atoms with Crippen LogP contribution in [0.5, 0.6) is 0 Å². The lowest BCUT2D eigenvalue weighted by Crippen LogP contribution is -2.28. The number of halogens is 1. The number of nitrogens with zero attached hydrogens (tertiary/aromatic N) is 1. The minimum Gasteiger partial charge on any atom is -0.332 e. The standard InChI is InChI=1S/C15H16FN3O/c1-10-6-7-14(13(16)8-10)19-15(20)17-9-12-5-3-4-11(2)18-12/h3-8H,9H2,1-2H3,(H2,17,19,20). The van der Waals surface area contributed by atoms with Gasteiger partial charge >= 0.3 is 6.03 Å². The van der Waals surface area contributed by atoms with E-state index in [1.54, 1.807) is 13.0 Å². The highest BCUT2D eigenvalue weighted by Gasteiger charge is 2.06. The Morgan fingerprint density at radius 3 is 2.75 bits per heavy atom. The number of nitrogens with one attached hydrogen (secondary N) is 2. The van der Waals surface area contributed by atoms with Crippen LogP contribution in [-0.2, 0) is 6.54 Å². The third-order valence-corrected chi connectivity index (χ3v) is 2.75. The van der Waals surface area contributed by atoms with Crippen molar-refractivity contribution in [1.29, 1.82) is 0 Å². The van der Waals surface area contributed by atoms with Crippen molar-refractivity contribution in [3.05, 3.63) is 59.2 Å². The molecule has 0 bridgehead atoms. The average molecular weight is 273 g/mol. The number of aryl methyl sites for hydroxylation is 2. The lowest BCUT2D eigenvalue weighted by Gasteiger charge is -2.09. The maximum Gasteiger partial charge on any atom is 0.319 e. The molecule has 4 nitrogen and oxygen atoms in total. The fraction of sp³-hybridized carbons (Fsp3) is 0.200. The Kier molecular flexibility index (Phi) is 4.30. The van der Waals surface area contributed by atoms with Gasteiger partial charge in [0, 0.05) is 5.69 Å². The van der Waals surface area contributed by atoms with Gasteiger partial charge in [-0.15, -0.1) is 0 Å². The predicted molar refractivity (Wildman–Crippen MR) is 76.0 cm³/mol. The molecule has 1 aromatic carbocycles. The number of pyridine rings is 1. The first-order valence-electron chi connectivity index (χ1n) is 6.28. The molecule has 2 N–H and O–H groups in total. The molecule has 0 saturated heterocycles. The SMILES string of the molecule is Cc1ccc(NC(=O)NCc2cccc(C)n2)c(F)c1. The third-order valence-electron chi connectivity index (χ3n) is 2.75. The lowest BCUT2D eigenvalue weighted by molar-refractivity contribution is 0.251. The van der Waals surface area contributed by atoms with Gasteiger partial charge in [0.2, 0.25) is 0 Å². The lowest BCUT2D eigenvalue weighted by atomic mass is 10.2. The molecule has 104 valence electrons. The van der Waals surface area contributed by atoms with E-state index in [9.17, 15) is 9.18 Å². The van der Waals surface area contributed by atoms with Crippen molar-refractivity contribution in [3.63, 3.8) is 0 Å². The molecule has 0 aliphatic carbocycles. The molecule has 2 aromatic rings. The van der Waals surface area contributed by atoms with E-state index in [2.05, 4.69) is 15.6 Å². The monoisotopic (exact) mass is 273 g/mol. The van der Waals surface area contributed by atoms with Gasteiger partial charge in [-0.3, -0.25) is 4.98 Å². The summed E-state index contributed by atoms with van der Waals surface area (Å²) in [5, 5.41) is 5.11. The molecule has 0 aliphatic rings. The normalized spacial score (nSPS) is 10.2. The predicted octanol–water partition coefficient (Wildman–Crippen LogP) is 3.16. The van der Waals surface area contributed by atoms with Crippen LogP contribution in [0.2, 0.25) is 0 Å². The molecular weight excluding hydrogens is 257 g/mol. The molecule has 0 unspecified atom stereocenters. The van der Waals surface area contributed by atoms with E-state index in [4.69, 9.17) is 0 Å². The van der Waals surface area contributed by atoms with E-state index < -0.39 is 11.8 Å². The van der Waals surface area contributed by atoms with Crippen LogP contribution in [0.4, 0.5) is 14.9 Å². The highest BCUT2D eigenvalue weighted by atomic mass is 19.1. The molecule has 0 fully saturated rings. The Morgan fingerprint density at radius 2 is 2.05 bits per heavy atom. The second kappa shape index (κ2) is 6.14. The molecule has 2 amide bonds. The fourth-order valence-corrected chi connectivity index (χ4v) is 1.76. The second-order valence-electron chi connectivity index (χ2n) is 4.56. The van der Waals surface area contributed by atoms with Gasteiger partial charge in [0.05, 0.1) is 17.9 Å². The summed E-state index contributed by atoms with van der Waals surface area (Å²) in [6.45, 7) is 3.96. The molecule has 5 heteroatoms. The van der Waals surface area contributed by atoms with Crippen LogP contribution >= 0.6 is 0 Å². The van der Waals surface area contributed by atoms with Crippen molar-refractivity contribution in [2.75, 3.05) is 5.32 Å². The largest absolute Gasteiger partial charge is 0.332 e. The number of carbonyl (C=O) groups is 1. The van der Waals surface area contributed by atoms with E-state index in [0.29, 0.717) is 6.54 Å². The Labute approximate surface area is 117 Å². The van der Waals surface area contributed by atoms with Crippen molar-refractivity contribution in [2.24, 2.45) is 0 Å².